The van der Waals surface area contributed by atoms with Gasteiger partial charge in [0.1, 0.15) is 0 Å². The van der Waals surface area contributed by atoms with Crippen molar-refractivity contribution in [1.29, 1.82) is 0 Å². The summed E-state index contributed by atoms with van der Waals surface area (Å²) in [4.78, 5) is 0. The molecule has 1 heterocycles. The van der Waals surface area contributed by atoms with Crippen LogP contribution < -0.4 is 12.4 Å². The molecule has 0 spiro atoms. The number of thioether (sulfide) groups is 1. The first kappa shape index (κ1) is 8.34. The maximum atomic E-state index is 2.12. The van der Waals surface area contributed by atoms with E-state index in [-0.39, 0.29) is 12.4 Å². The molecule has 0 radical (unpaired) electrons. The second-order valence-electron chi connectivity index (χ2n) is 1.14. The fraction of sp³-hybridized carbons (Fsp3) is 0.200. The van der Waals surface area contributed by atoms with E-state index in [1.165, 1.54) is 4.21 Å². The van der Waals surface area contributed by atoms with Gasteiger partial charge in [0.05, 0.1) is 4.21 Å². The highest BCUT2D eigenvalue weighted by Crippen LogP contribution is 2.19. The number of rotatable bonds is 1. The van der Waals surface area contributed by atoms with Crippen LogP contribution in [-0.4, -0.2) is 6.26 Å². The number of hydrogen-bond donors (Lipinski definition) is 0. The highest BCUT2D eigenvalue weighted by atomic mass is 35.5. The molecular weight excluding hydrogens is 160 g/mol. The number of thiophene rings is 1. The van der Waals surface area contributed by atoms with Gasteiger partial charge in [-0.05, 0) is 17.7 Å². The minimum atomic E-state index is 0. The number of hydrogen-bond acceptors (Lipinski definition) is 2. The van der Waals surface area contributed by atoms with Gasteiger partial charge in [-0.1, -0.05) is 6.07 Å². The van der Waals surface area contributed by atoms with Crippen molar-refractivity contribution < 1.29 is 12.4 Å². The Kier molecular flexibility index (Phi) is 4.42. The minimum Gasteiger partial charge on any atom is -1.00 e. The first-order valence-electron chi connectivity index (χ1n) is 2.01. The Morgan fingerprint density at radius 1 is 1.62 bits per heavy atom. The normalized spacial score (nSPS) is 8.12. The molecule has 46 valence electrons. The molecule has 0 aliphatic heterocycles. The third kappa shape index (κ3) is 2.07. The van der Waals surface area contributed by atoms with Gasteiger partial charge in [0.2, 0.25) is 0 Å². The smallest absolute Gasteiger partial charge is 0.0595 e. The van der Waals surface area contributed by atoms with E-state index in [9.17, 15) is 0 Å². The van der Waals surface area contributed by atoms with Gasteiger partial charge in [-0.15, -0.1) is 23.1 Å². The molecule has 8 heavy (non-hydrogen) atoms. The molecule has 1 rings (SSSR count). The molecule has 1 aromatic rings. The van der Waals surface area contributed by atoms with E-state index in [4.69, 9.17) is 0 Å². The van der Waals surface area contributed by atoms with Crippen molar-refractivity contribution in [2.24, 2.45) is 0 Å². The summed E-state index contributed by atoms with van der Waals surface area (Å²) in [5.74, 6) is 0. The zero-order chi connectivity index (χ0) is 5.11. The van der Waals surface area contributed by atoms with Crippen LogP contribution in [0.4, 0.5) is 0 Å². The van der Waals surface area contributed by atoms with Crippen LogP contribution in [-0.2, 0) is 0 Å². The molecule has 1 aromatic heterocycles. The fourth-order valence-electron chi connectivity index (χ4n) is 0.380. The van der Waals surface area contributed by atoms with Crippen molar-refractivity contribution in [3.63, 3.8) is 0 Å². The van der Waals surface area contributed by atoms with Crippen molar-refractivity contribution in [1.82, 2.24) is 0 Å². The Labute approximate surface area is 63.7 Å². The highest BCUT2D eigenvalue weighted by molar-refractivity contribution is 8.00. The van der Waals surface area contributed by atoms with Crippen LogP contribution in [0.25, 0.3) is 0 Å². The lowest BCUT2D eigenvalue weighted by Crippen LogP contribution is -3.00. The molecule has 0 fully saturated rings. The quantitative estimate of drug-likeness (QED) is 0.505. The van der Waals surface area contributed by atoms with E-state index in [1.54, 1.807) is 23.1 Å². The summed E-state index contributed by atoms with van der Waals surface area (Å²) < 4.78 is 1.39. The Hall–Kier alpha value is 0.340. The molecule has 0 aromatic carbocycles. The molecule has 3 heteroatoms. The van der Waals surface area contributed by atoms with Crippen molar-refractivity contribution in [2.75, 3.05) is 6.26 Å². The Bertz CT molecular complexity index is 125. The number of halogens is 1. The van der Waals surface area contributed by atoms with Crippen molar-refractivity contribution in [3.8, 4) is 0 Å². The van der Waals surface area contributed by atoms with Crippen LogP contribution in [0.3, 0.4) is 0 Å². The largest absolute Gasteiger partial charge is 1.00 e. The average Bonchev–Trinajstić information content (AvgIpc) is 2.14. The van der Waals surface area contributed by atoms with Gasteiger partial charge < -0.3 is 12.4 Å². The van der Waals surface area contributed by atoms with E-state index >= 15 is 0 Å². The first-order valence-corrected chi connectivity index (χ1v) is 4.11. The van der Waals surface area contributed by atoms with E-state index in [0.717, 1.165) is 0 Å². The summed E-state index contributed by atoms with van der Waals surface area (Å²) in [6.07, 6.45) is 2.09. The third-order valence-electron chi connectivity index (χ3n) is 0.696. The molecule has 0 amide bonds. The molecule has 0 nitrogen and oxygen atoms in total. The summed E-state index contributed by atoms with van der Waals surface area (Å²) in [5, 5.41) is 2.09. The van der Waals surface area contributed by atoms with E-state index in [0.29, 0.717) is 0 Å². The first-order chi connectivity index (χ1) is 3.43. The monoisotopic (exact) mass is 165 g/mol. The molecule has 0 atom stereocenters. The molecule has 0 bridgehead atoms. The molecule has 0 saturated carbocycles. The van der Waals surface area contributed by atoms with E-state index < -0.39 is 0 Å². The molecule has 0 N–H and O–H groups in total. The van der Waals surface area contributed by atoms with Crippen molar-refractivity contribution >= 4 is 23.1 Å². The third-order valence-corrected chi connectivity index (χ3v) is 2.68. The predicted octanol–water partition coefficient (Wildman–Crippen LogP) is -0.526. The summed E-state index contributed by atoms with van der Waals surface area (Å²) in [5.41, 5.74) is 0. The Balaban J connectivity index is 0.000000490. The highest BCUT2D eigenvalue weighted by Gasteiger charge is 1.83. The SMILES string of the molecule is CSc1cccs1.[Cl-]. The van der Waals surface area contributed by atoms with Gasteiger partial charge in [-0.2, -0.15) is 0 Å². The van der Waals surface area contributed by atoms with E-state index in [2.05, 4.69) is 23.8 Å². The van der Waals surface area contributed by atoms with Gasteiger partial charge in [0.25, 0.3) is 0 Å². The van der Waals surface area contributed by atoms with Crippen LogP contribution in [0.5, 0.6) is 0 Å². The maximum absolute atomic E-state index is 2.12. The topological polar surface area (TPSA) is 0 Å². The summed E-state index contributed by atoms with van der Waals surface area (Å²) >= 11 is 3.58. The molecule has 0 unspecified atom stereocenters. The summed E-state index contributed by atoms with van der Waals surface area (Å²) in [6, 6.07) is 4.19. The second kappa shape index (κ2) is 4.24. The van der Waals surface area contributed by atoms with Gasteiger partial charge in [-0.3, -0.25) is 0 Å². The van der Waals surface area contributed by atoms with E-state index in [1.807, 2.05) is 0 Å². The van der Waals surface area contributed by atoms with Crippen molar-refractivity contribution in [3.05, 3.63) is 17.5 Å². The zero-order valence-corrected chi connectivity index (χ0v) is 6.82. The molecule has 0 aliphatic carbocycles. The second-order valence-corrected chi connectivity index (χ2v) is 3.19. The minimum absolute atomic E-state index is 0. The maximum Gasteiger partial charge on any atom is 0.0595 e. The fourth-order valence-corrected chi connectivity index (χ4v) is 1.59. The predicted molar refractivity (Wildman–Crippen MR) is 36.1 cm³/mol. The molecular formula is C5H6ClS2-. The Morgan fingerprint density at radius 3 is 2.62 bits per heavy atom. The standard InChI is InChI=1S/C5H6S2.ClH/c1-6-5-3-2-4-7-5;/h2-4H,1H3;1H/p-1. The summed E-state index contributed by atoms with van der Waals surface area (Å²) in [6.45, 7) is 0. The lowest BCUT2D eigenvalue weighted by atomic mass is 10.7. The van der Waals surface area contributed by atoms with Crippen LogP contribution in [0, 0.1) is 0 Å². The van der Waals surface area contributed by atoms with Gasteiger partial charge in [-0.25, -0.2) is 0 Å². The van der Waals surface area contributed by atoms with Gasteiger partial charge >= 0.3 is 0 Å². The van der Waals surface area contributed by atoms with Gasteiger partial charge in [0.15, 0.2) is 0 Å². The zero-order valence-electron chi connectivity index (χ0n) is 4.43. The Morgan fingerprint density at radius 2 is 2.38 bits per heavy atom. The lowest BCUT2D eigenvalue weighted by Gasteiger charge is -1.78. The summed E-state index contributed by atoms with van der Waals surface area (Å²) in [7, 11) is 0. The lowest BCUT2D eigenvalue weighted by molar-refractivity contribution is -0.00000137. The van der Waals surface area contributed by atoms with Crippen molar-refractivity contribution in [2.45, 2.75) is 4.21 Å². The average molecular weight is 166 g/mol. The van der Waals surface area contributed by atoms with Gasteiger partial charge in [0, 0.05) is 0 Å². The van der Waals surface area contributed by atoms with Crippen LogP contribution in [0.15, 0.2) is 21.7 Å². The van der Waals surface area contributed by atoms with Crippen LogP contribution >= 0.6 is 23.1 Å². The van der Waals surface area contributed by atoms with Crippen LogP contribution in [0.1, 0.15) is 0 Å². The molecule has 0 aliphatic rings. The van der Waals surface area contributed by atoms with Crippen LogP contribution in [0.2, 0.25) is 0 Å². The molecule has 0 saturated heterocycles.